The van der Waals surface area contributed by atoms with Crippen molar-refractivity contribution in [2.45, 2.75) is 18.9 Å². The van der Waals surface area contributed by atoms with Gasteiger partial charge in [-0.1, -0.05) is 0 Å². The van der Waals surface area contributed by atoms with Gasteiger partial charge < -0.3 is 16.4 Å². The fraction of sp³-hybridized carbons (Fsp3) is 0.417. The van der Waals surface area contributed by atoms with Crippen LogP contribution in [0.4, 0.5) is 5.69 Å². The van der Waals surface area contributed by atoms with Crippen LogP contribution in [0.25, 0.3) is 0 Å². The fourth-order valence-corrected chi connectivity index (χ4v) is 2.46. The van der Waals surface area contributed by atoms with Crippen molar-refractivity contribution in [1.82, 2.24) is 5.32 Å². The van der Waals surface area contributed by atoms with Gasteiger partial charge in [0.1, 0.15) is 0 Å². The van der Waals surface area contributed by atoms with Gasteiger partial charge in [-0.05, 0) is 60.1 Å². The maximum absolute atomic E-state index is 11.0. The molecule has 4 N–H and O–H groups in total. The minimum absolute atomic E-state index is 0.404. The van der Waals surface area contributed by atoms with Crippen LogP contribution in [0.1, 0.15) is 23.2 Å². The normalized spacial score (nSPS) is 16.8. The summed E-state index contributed by atoms with van der Waals surface area (Å²) < 4.78 is 0.882. The van der Waals surface area contributed by atoms with E-state index in [1.165, 1.54) is 0 Å². The molecule has 0 spiro atoms. The van der Waals surface area contributed by atoms with Gasteiger partial charge in [-0.3, -0.25) is 4.79 Å². The number of halogens is 1. The van der Waals surface area contributed by atoms with Crippen molar-refractivity contribution >= 4 is 27.5 Å². The Labute approximate surface area is 109 Å². The topological polar surface area (TPSA) is 67.2 Å². The molecule has 0 radical (unpaired) electrons. The molecule has 0 aliphatic carbocycles. The summed E-state index contributed by atoms with van der Waals surface area (Å²) in [5.74, 6) is -0.404. The van der Waals surface area contributed by atoms with E-state index >= 15 is 0 Å². The number of nitrogens with two attached hydrogens (primary N) is 1. The van der Waals surface area contributed by atoms with Gasteiger partial charge in [-0.15, -0.1) is 0 Å². The van der Waals surface area contributed by atoms with Gasteiger partial charge in [-0.25, -0.2) is 0 Å². The highest BCUT2D eigenvalue weighted by molar-refractivity contribution is 9.10. The van der Waals surface area contributed by atoms with Crippen LogP contribution >= 0.6 is 15.9 Å². The zero-order chi connectivity index (χ0) is 12.3. The van der Waals surface area contributed by atoms with E-state index in [0.29, 0.717) is 11.6 Å². The molecule has 0 atom stereocenters. The molecule has 0 aromatic heterocycles. The van der Waals surface area contributed by atoms with Crippen LogP contribution in [0, 0.1) is 0 Å². The molecule has 4 nitrogen and oxygen atoms in total. The van der Waals surface area contributed by atoms with E-state index in [9.17, 15) is 4.79 Å². The van der Waals surface area contributed by atoms with Gasteiger partial charge in [0.05, 0.1) is 0 Å². The van der Waals surface area contributed by atoms with Crippen molar-refractivity contribution in [3.8, 4) is 0 Å². The van der Waals surface area contributed by atoms with Crippen LogP contribution < -0.4 is 16.4 Å². The number of carbonyl (C=O) groups excluding carboxylic acids is 1. The van der Waals surface area contributed by atoms with E-state index < -0.39 is 5.91 Å². The molecule has 2 rings (SSSR count). The summed E-state index contributed by atoms with van der Waals surface area (Å²) in [6.07, 6.45) is 2.23. The Kier molecular flexibility index (Phi) is 4.02. The van der Waals surface area contributed by atoms with Gasteiger partial charge in [0, 0.05) is 21.8 Å². The molecule has 0 saturated carbocycles. The molecule has 1 aliphatic heterocycles. The highest BCUT2D eigenvalue weighted by Gasteiger charge is 2.14. The first-order chi connectivity index (χ1) is 8.16. The van der Waals surface area contributed by atoms with E-state index in [-0.39, 0.29) is 0 Å². The number of benzene rings is 1. The Morgan fingerprint density at radius 2 is 2.12 bits per heavy atom. The van der Waals surface area contributed by atoms with E-state index in [0.717, 1.165) is 36.1 Å². The number of nitrogens with one attached hydrogen (secondary N) is 2. The summed E-state index contributed by atoms with van der Waals surface area (Å²) in [4.78, 5) is 11.0. The fourth-order valence-electron chi connectivity index (χ4n) is 1.97. The van der Waals surface area contributed by atoms with Crippen molar-refractivity contribution in [2.24, 2.45) is 5.73 Å². The summed E-state index contributed by atoms with van der Waals surface area (Å²) in [6, 6.07) is 5.89. The van der Waals surface area contributed by atoms with Crippen LogP contribution in [0.2, 0.25) is 0 Å². The molecule has 17 heavy (non-hydrogen) atoms. The van der Waals surface area contributed by atoms with Crippen molar-refractivity contribution < 1.29 is 4.79 Å². The largest absolute Gasteiger partial charge is 0.381 e. The Balaban J connectivity index is 2.08. The second-order valence-corrected chi connectivity index (χ2v) is 5.08. The van der Waals surface area contributed by atoms with Crippen molar-refractivity contribution in [3.05, 3.63) is 28.2 Å². The average molecular weight is 298 g/mol. The summed E-state index contributed by atoms with van der Waals surface area (Å²) in [5.41, 5.74) is 6.77. The smallest absolute Gasteiger partial charge is 0.248 e. The molecule has 0 unspecified atom stereocenters. The average Bonchev–Trinajstić information content (AvgIpc) is 2.33. The first-order valence-electron chi connectivity index (χ1n) is 5.73. The monoisotopic (exact) mass is 297 g/mol. The lowest BCUT2D eigenvalue weighted by Gasteiger charge is -2.25. The third kappa shape index (κ3) is 3.20. The standard InChI is InChI=1S/C12H16BrN3O/c13-10-7-8(12(14)17)1-2-11(10)16-9-3-5-15-6-4-9/h1-2,7,9,15-16H,3-6H2,(H2,14,17). The quantitative estimate of drug-likeness (QED) is 0.796. The van der Waals surface area contributed by atoms with Gasteiger partial charge in [0.2, 0.25) is 5.91 Å². The van der Waals surface area contributed by atoms with Crippen molar-refractivity contribution in [1.29, 1.82) is 0 Å². The number of rotatable bonds is 3. The molecule has 1 aliphatic rings. The third-order valence-corrected chi connectivity index (χ3v) is 3.61. The highest BCUT2D eigenvalue weighted by Crippen LogP contribution is 2.25. The Morgan fingerprint density at radius 1 is 1.41 bits per heavy atom. The molecular formula is C12H16BrN3O. The molecule has 1 saturated heterocycles. The maximum Gasteiger partial charge on any atom is 0.248 e. The molecule has 1 heterocycles. The van der Waals surface area contributed by atoms with Gasteiger partial charge in [-0.2, -0.15) is 0 Å². The summed E-state index contributed by atoms with van der Waals surface area (Å²) in [6.45, 7) is 2.10. The summed E-state index contributed by atoms with van der Waals surface area (Å²) >= 11 is 3.46. The second kappa shape index (κ2) is 5.51. The van der Waals surface area contributed by atoms with E-state index in [4.69, 9.17) is 5.73 Å². The summed E-state index contributed by atoms with van der Waals surface area (Å²) in [7, 11) is 0. The number of piperidine rings is 1. The predicted octanol–water partition coefficient (Wildman–Crippen LogP) is 1.71. The van der Waals surface area contributed by atoms with Crippen LogP contribution in [-0.2, 0) is 0 Å². The van der Waals surface area contributed by atoms with Crippen LogP contribution in [0.3, 0.4) is 0 Å². The summed E-state index contributed by atoms with van der Waals surface area (Å²) in [5, 5.41) is 6.80. The van der Waals surface area contributed by atoms with Crippen molar-refractivity contribution in [2.75, 3.05) is 18.4 Å². The lowest BCUT2D eigenvalue weighted by atomic mass is 10.1. The Morgan fingerprint density at radius 3 is 2.71 bits per heavy atom. The van der Waals surface area contributed by atoms with Crippen LogP contribution in [0.5, 0.6) is 0 Å². The second-order valence-electron chi connectivity index (χ2n) is 4.23. The SMILES string of the molecule is NC(=O)c1ccc(NC2CCNCC2)c(Br)c1. The molecule has 5 heteroatoms. The van der Waals surface area contributed by atoms with Crippen LogP contribution in [-0.4, -0.2) is 25.0 Å². The third-order valence-electron chi connectivity index (χ3n) is 2.95. The number of hydrogen-bond donors (Lipinski definition) is 3. The molecule has 1 aromatic rings. The molecule has 1 amide bonds. The van der Waals surface area contributed by atoms with Gasteiger partial charge in [0.25, 0.3) is 0 Å². The number of hydrogen-bond acceptors (Lipinski definition) is 3. The molecule has 1 aromatic carbocycles. The minimum atomic E-state index is -0.404. The molecule has 0 bridgehead atoms. The lowest BCUT2D eigenvalue weighted by Crippen LogP contribution is -2.35. The predicted molar refractivity (Wildman–Crippen MR) is 72.2 cm³/mol. The number of carbonyl (C=O) groups is 1. The Bertz CT molecular complexity index is 416. The molecular weight excluding hydrogens is 282 g/mol. The number of anilines is 1. The van der Waals surface area contributed by atoms with Crippen molar-refractivity contribution in [3.63, 3.8) is 0 Å². The molecule has 1 fully saturated rings. The zero-order valence-corrected chi connectivity index (χ0v) is 11.1. The lowest BCUT2D eigenvalue weighted by molar-refractivity contribution is 0.100. The highest BCUT2D eigenvalue weighted by atomic mass is 79.9. The first kappa shape index (κ1) is 12.4. The number of amides is 1. The van der Waals surface area contributed by atoms with E-state index in [2.05, 4.69) is 26.6 Å². The van der Waals surface area contributed by atoms with Gasteiger partial charge in [0.15, 0.2) is 0 Å². The first-order valence-corrected chi connectivity index (χ1v) is 6.53. The van der Waals surface area contributed by atoms with Crippen LogP contribution in [0.15, 0.2) is 22.7 Å². The van der Waals surface area contributed by atoms with E-state index in [1.54, 1.807) is 12.1 Å². The zero-order valence-electron chi connectivity index (χ0n) is 9.50. The van der Waals surface area contributed by atoms with Gasteiger partial charge >= 0.3 is 0 Å². The molecule has 92 valence electrons. The number of primary amides is 1. The van der Waals surface area contributed by atoms with E-state index in [1.807, 2.05) is 6.07 Å². The Hall–Kier alpha value is -1.07. The maximum atomic E-state index is 11.0. The minimum Gasteiger partial charge on any atom is -0.381 e.